The number of urea groups is 1. The summed E-state index contributed by atoms with van der Waals surface area (Å²) in [6.45, 7) is 3.72. The van der Waals surface area contributed by atoms with Crippen LogP contribution >= 0.6 is 0 Å². The van der Waals surface area contributed by atoms with Crippen molar-refractivity contribution in [2.75, 3.05) is 20.2 Å². The lowest BCUT2D eigenvalue weighted by atomic mass is 10.1. The molecule has 0 spiro atoms. The van der Waals surface area contributed by atoms with Crippen LogP contribution in [0.3, 0.4) is 0 Å². The van der Waals surface area contributed by atoms with Crippen LogP contribution < -0.4 is 10.1 Å². The van der Waals surface area contributed by atoms with Crippen LogP contribution in [-0.2, 0) is 11.2 Å². The molecule has 1 aromatic rings. The minimum Gasteiger partial charge on any atom is -0.497 e. The molecule has 0 saturated heterocycles. The van der Waals surface area contributed by atoms with Crippen LogP contribution in [0.5, 0.6) is 5.75 Å². The summed E-state index contributed by atoms with van der Waals surface area (Å²) >= 11 is 0. The summed E-state index contributed by atoms with van der Waals surface area (Å²) in [5.41, 5.74) is 1.07. The molecule has 2 amide bonds. The number of carboxylic acids is 1. The molecule has 0 aliphatic carbocycles. The minimum absolute atomic E-state index is 0.165. The van der Waals surface area contributed by atoms with Crippen molar-refractivity contribution in [1.29, 1.82) is 0 Å². The van der Waals surface area contributed by atoms with Crippen LogP contribution in [0.25, 0.3) is 0 Å². The van der Waals surface area contributed by atoms with E-state index in [1.807, 2.05) is 24.3 Å². The Balaban J connectivity index is 2.45. The highest BCUT2D eigenvalue weighted by Gasteiger charge is 2.19. The third-order valence-electron chi connectivity index (χ3n) is 3.04. The van der Waals surface area contributed by atoms with E-state index < -0.39 is 5.97 Å². The van der Waals surface area contributed by atoms with E-state index in [2.05, 4.69) is 5.32 Å². The first-order chi connectivity index (χ1) is 9.93. The van der Waals surface area contributed by atoms with Crippen molar-refractivity contribution >= 4 is 12.0 Å². The number of nitrogens with zero attached hydrogens (tertiary/aromatic N) is 1. The summed E-state index contributed by atoms with van der Waals surface area (Å²) in [6, 6.07) is 7.07. The summed E-state index contributed by atoms with van der Waals surface area (Å²) in [4.78, 5) is 24.0. The van der Waals surface area contributed by atoms with E-state index >= 15 is 0 Å². The quantitative estimate of drug-likeness (QED) is 0.803. The van der Waals surface area contributed by atoms with Gasteiger partial charge in [-0.2, -0.15) is 0 Å². The van der Waals surface area contributed by atoms with Gasteiger partial charge in [-0.05, 0) is 38.0 Å². The molecule has 0 aromatic heterocycles. The van der Waals surface area contributed by atoms with Crippen LogP contribution in [0, 0.1) is 0 Å². The van der Waals surface area contributed by atoms with Crippen LogP contribution in [0.15, 0.2) is 24.3 Å². The number of carbonyl (C=O) groups excluding carboxylic acids is 1. The van der Waals surface area contributed by atoms with E-state index in [1.165, 1.54) is 4.90 Å². The smallest absolute Gasteiger partial charge is 0.323 e. The molecule has 6 nitrogen and oxygen atoms in total. The fourth-order valence-electron chi connectivity index (χ4n) is 1.84. The molecule has 2 N–H and O–H groups in total. The molecule has 1 rings (SSSR count). The Kier molecular flexibility index (Phi) is 6.52. The van der Waals surface area contributed by atoms with Gasteiger partial charge in [-0.1, -0.05) is 12.1 Å². The summed E-state index contributed by atoms with van der Waals surface area (Å²) < 4.78 is 5.07. The lowest BCUT2D eigenvalue weighted by molar-refractivity contribution is -0.138. The number of hydrogen-bond donors (Lipinski definition) is 2. The number of nitrogens with one attached hydrogen (secondary N) is 1. The van der Waals surface area contributed by atoms with Gasteiger partial charge in [0.1, 0.15) is 12.3 Å². The zero-order chi connectivity index (χ0) is 15.8. The second kappa shape index (κ2) is 8.14. The zero-order valence-corrected chi connectivity index (χ0v) is 12.6. The molecular weight excluding hydrogens is 272 g/mol. The van der Waals surface area contributed by atoms with Crippen LogP contribution in [-0.4, -0.2) is 48.2 Å². The van der Waals surface area contributed by atoms with Gasteiger partial charge in [-0.15, -0.1) is 0 Å². The largest absolute Gasteiger partial charge is 0.497 e. The normalized spacial score (nSPS) is 10.3. The number of benzene rings is 1. The van der Waals surface area contributed by atoms with E-state index in [1.54, 1.807) is 21.0 Å². The number of rotatable bonds is 7. The van der Waals surface area contributed by atoms with Gasteiger partial charge in [-0.3, -0.25) is 4.79 Å². The molecular formula is C15H22N2O4. The number of carboxylic acid groups (broad SMARTS) is 1. The highest BCUT2D eigenvalue weighted by Crippen LogP contribution is 2.11. The van der Waals surface area contributed by atoms with Gasteiger partial charge in [0, 0.05) is 12.6 Å². The average molecular weight is 294 g/mol. The molecule has 0 aliphatic heterocycles. The first-order valence-electron chi connectivity index (χ1n) is 6.83. The molecule has 0 radical (unpaired) electrons. The topological polar surface area (TPSA) is 78.9 Å². The molecule has 6 heteroatoms. The fourth-order valence-corrected chi connectivity index (χ4v) is 1.84. The number of hydrogen-bond acceptors (Lipinski definition) is 3. The van der Waals surface area contributed by atoms with E-state index in [9.17, 15) is 9.59 Å². The monoisotopic (exact) mass is 294 g/mol. The second-order valence-electron chi connectivity index (χ2n) is 4.95. The minimum atomic E-state index is -1.02. The maximum atomic E-state index is 11.9. The zero-order valence-electron chi connectivity index (χ0n) is 12.6. The second-order valence-corrected chi connectivity index (χ2v) is 4.95. The highest BCUT2D eigenvalue weighted by atomic mass is 16.5. The Morgan fingerprint density at radius 3 is 2.38 bits per heavy atom. The van der Waals surface area contributed by atoms with Gasteiger partial charge in [0.05, 0.1) is 7.11 Å². The first-order valence-corrected chi connectivity index (χ1v) is 6.83. The van der Waals surface area contributed by atoms with Crippen molar-refractivity contribution in [3.05, 3.63) is 29.8 Å². The number of aliphatic carboxylic acids is 1. The molecule has 0 unspecified atom stereocenters. The maximum absolute atomic E-state index is 11.9. The Hall–Kier alpha value is -2.24. The fraction of sp³-hybridized carbons (Fsp3) is 0.467. The summed E-state index contributed by atoms with van der Waals surface area (Å²) in [6.07, 6.45) is 0.675. The molecule has 0 atom stereocenters. The van der Waals surface area contributed by atoms with E-state index in [0.29, 0.717) is 13.0 Å². The van der Waals surface area contributed by atoms with Crippen LogP contribution in [0.2, 0.25) is 0 Å². The van der Waals surface area contributed by atoms with Crippen molar-refractivity contribution in [3.8, 4) is 5.75 Å². The molecule has 0 heterocycles. The first kappa shape index (κ1) is 16.8. The molecule has 0 aliphatic rings. The van der Waals surface area contributed by atoms with Crippen LogP contribution in [0.1, 0.15) is 19.4 Å². The molecule has 0 saturated carbocycles. The number of ether oxygens (including phenoxy) is 1. The third kappa shape index (κ3) is 5.72. The molecule has 1 aromatic carbocycles. The van der Waals surface area contributed by atoms with Crippen molar-refractivity contribution in [2.24, 2.45) is 0 Å². The van der Waals surface area contributed by atoms with Gasteiger partial charge in [-0.25, -0.2) is 4.79 Å². The Morgan fingerprint density at radius 2 is 1.90 bits per heavy atom. The average Bonchev–Trinajstić information content (AvgIpc) is 2.45. The van der Waals surface area contributed by atoms with Crippen molar-refractivity contribution in [1.82, 2.24) is 10.2 Å². The number of carbonyl (C=O) groups is 2. The summed E-state index contributed by atoms with van der Waals surface area (Å²) in [5.74, 6) is -0.232. The van der Waals surface area contributed by atoms with Gasteiger partial charge in [0.15, 0.2) is 0 Å². The predicted octanol–water partition coefficient (Wildman–Crippen LogP) is 1.74. The van der Waals surface area contributed by atoms with Gasteiger partial charge >= 0.3 is 12.0 Å². The summed E-state index contributed by atoms with van der Waals surface area (Å²) in [7, 11) is 1.61. The van der Waals surface area contributed by atoms with Gasteiger partial charge in [0.25, 0.3) is 0 Å². The summed E-state index contributed by atoms with van der Waals surface area (Å²) in [5, 5.41) is 11.5. The molecule has 21 heavy (non-hydrogen) atoms. The van der Waals surface area contributed by atoms with Crippen molar-refractivity contribution in [2.45, 2.75) is 26.3 Å². The standard InChI is InChI=1S/C15H22N2O4/c1-11(2)17(10-14(18)19)15(20)16-9-8-12-4-6-13(21-3)7-5-12/h4-7,11H,8-10H2,1-3H3,(H,16,20)(H,18,19). The SMILES string of the molecule is COc1ccc(CCNC(=O)N(CC(=O)O)C(C)C)cc1. The van der Waals surface area contributed by atoms with Gasteiger partial charge in [0.2, 0.25) is 0 Å². The Bertz CT molecular complexity index is 471. The van der Waals surface area contributed by atoms with Crippen molar-refractivity contribution in [3.63, 3.8) is 0 Å². The number of amides is 2. The third-order valence-corrected chi connectivity index (χ3v) is 3.04. The molecule has 116 valence electrons. The lowest BCUT2D eigenvalue weighted by Crippen LogP contribution is -2.46. The number of methoxy groups -OCH3 is 1. The van der Waals surface area contributed by atoms with Gasteiger partial charge < -0.3 is 20.1 Å². The molecule has 0 bridgehead atoms. The van der Waals surface area contributed by atoms with E-state index in [-0.39, 0.29) is 18.6 Å². The van der Waals surface area contributed by atoms with E-state index in [4.69, 9.17) is 9.84 Å². The van der Waals surface area contributed by atoms with Crippen molar-refractivity contribution < 1.29 is 19.4 Å². The molecule has 0 fully saturated rings. The van der Waals surface area contributed by atoms with E-state index in [0.717, 1.165) is 11.3 Å². The lowest BCUT2D eigenvalue weighted by Gasteiger charge is -2.25. The Labute approximate surface area is 124 Å². The maximum Gasteiger partial charge on any atom is 0.323 e. The van der Waals surface area contributed by atoms with Crippen LogP contribution in [0.4, 0.5) is 4.79 Å². The Morgan fingerprint density at radius 1 is 1.29 bits per heavy atom. The highest BCUT2D eigenvalue weighted by molar-refractivity contribution is 5.80. The predicted molar refractivity (Wildman–Crippen MR) is 79.6 cm³/mol.